The average Bonchev–Trinajstić information content (AvgIpc) is 3.14. The van der Waals surface area contributed by atoms with Gasteiger partial charge in [-0.2, -0.15) is 17.6 Å². The van der Waals surface area contributed by atoms with Gasteiger partial charge in [-0.25, -0.2) is 14.2 Å². The molecule has 2 heterocycles. The van der Waals surface area contributed by atoms with Gasteiger partial charge in [0, 0.05) is 23.4 Å². The van der Waals surface area contributed by atoms with E-state index in [1.807, 2.05) is 0 Å². The summed E-state index contributed by atoms with van der Waals surface area (Å²) in [7, 11) is 2.15. The van der Waals surface area contributed by atoms with E-state index in [-0.39, 0.29) is 16.9 Å². The van der Waals surface area contributed by atoms with Crippen LogP contribution in [0.15, 0.2) is 30.5 Å². The van der Waals surface area contributed by atoms with E-state index in [4.69, 9.17) is 9.47 Å². The number of pyridine rings is 1. The average molecular weight is 474 g/mol. The first kappa shape index (κ1) is 24.4. The number of hydrogen-bond acceptors (Lipinski definition) is 6. The second-order valence-electron chi connectivity index (χ2n) is 7.47. The molecule has 12 heteroatoms. The number of nitrogens with one attached hydrogen (secondary N) is 1. The summed E-state index contributed by atoms with van der Waals surface area (Å²) < 4.78 is 83.7. The molecule has 1 fully saturated rings. The lowest BCUT2D eigenvalue weighted by Crippen LogP contribution is -2.43. The fraction of sp³-hybridized carbons (Fsp3) is 0.381. The maximum absolute atomic E-state index is 14.3. The van der Waals surface area contributed by atoms with Gasteiger partial charge in [0.25, 0.3) is 5.91 Å². The highest BCUT2D eigenvalue weighted by Gasteiger charge is 2.61. The molecule has 178 valence electrons. The van der Waals surface area contributed by atoms with Crippen LogP contribution in [0.25, 0.3) is 0 Å². The Labute approximate surface area is 184 Å². The van der Waals surface area contributed by atoms with Crippen molar-refractivity contribution >= 4 is 17.6 Å². The molecule has 7 nitrogen and oxygen atoms in total. The van der Waals surface area contributed by atoms with Gasteiger partial charge >= 0.3 is 12.1 Å². The standard InChI is InChI=1S/C21H19F5N2O5/c1-20(21(24,25)26)9-12(11-4-5-13(22)15(23)16(11)31-2)17(33-20)18(29)28-10-6-7-27-14(8-10)19(30)32-3/h4-8,12,17H,9H2,1-3H3,(H,27,28,29)/t12-,17+,20+/m0/s1. The van der Waals surface area contributed by atoms with Gasteiger partial charge in [0.15, 0.2) is 17.2 Å². The van der Waals surface area contributed by atoms with Gasteiger partial charge in [-0.3, -0.25) is 4.79 Å². The van der Waals surface area contributed by atoms with Crippen LogP contribution in [0.4, 0.5) is 27.6 Å². The highest BCUT2D eigenvalue weighted by molar-refractivity contribution is 5.96. The molecule has 1 aliphatic rings. The Morgan fingerprint density at radius 1 is 1.21 bits per heavy atom. The lowest BCUT2D eigenvalue weighted by molar-refractivity contribution is -0.261. The third-order valence-electron chi connectivity index (χ3n) is 5.33. The summed E-state index contributed by atoms with van der Waals surface area (Å²) in [6, 6.07) is 4.25. The van der Waals surface area contributed by atoms with Gasteiger partial charge in [0.05, 0.1) is 14.2 Å². The van der Waals surface area contributed by atoms with Crippen LogP contribution < -0.4 is 10.1 Å². The van der Waals surface area contributed by atoms with Crippen LogP contribution in [0.5, 0.6) is 5.75 Å². The van der Waals surface area contributed by atoms with Crippen LogP contribution in [0.1, 0.15) is 35.3 Å². The SMILES string of the molecule is COC(=O)c1cc(NC(=O)[C@@H]2O[C@@](C)(C(F)(F)F)C[C@H]2c2ccc(F)c(F)c2OC)ccn1. The third kappa shape index (κ3) is 4.61. The van der Waals surface area contributed by atoms with E-state index < -0.39 is 59.5 Å². The van der Waals surface area contributed by atoms with Crippen LogP contribution in [-0.2, 0) is 14.3 Å². The van der Waals surface area contributed by atoms with Crippen molar-refractivity contribution in [1.82, 2.24) is 4.98 Å². The number of aromatic nitrogens is 1. The minimum Gasteiger partial charge on any atom is -0.493 e. The summed E-state index contributed by atoms with van der Waals surface area (Å²) >= 11 is 0. The molecule has 1 aromatic heterocycles. The fourth-order valence-corrected chi connectivity index (χ4v) is 3.61. The minimum atomic E-state index is -4.86. The highest BCUT2D eigenvalue weighted by atomic mass is 19.4. The number of hydrogen-bond donors (Lipinski definition) is 1. The molecule has 0 saturated carbocycles. The first-order chi connectivity index (χ1) is 15.4. The lowest BCUT2D eigenvalue weighted by atomic mass is 9.85. The largest absolute Gasteiger partial charge is 0.493 e. The Morgan fingerprint density at radius 3 is 2.52 bits per heavy atom. The Morgan fingerprint density at radius 2 is 1.91 bits per heavy atom. The van der Waals surface area contributed by atoms with Crippen molar-refractivity contribution in [2.45, 2.75) is 37.1 Å². The first-order valence-corrected chi connectivity index (χ1v) is 9.53. The van der Waals surface area contributed by atoms with E-state index in [0.29, 0.717) is 0 Å². The Hall–Kier alpha value is -3.28. The Balaban J connectivity index is 2.00. The number of rotatable bonds is 5. The quantitative estimate of drug-likeness (QED) is 0.521. The van der Waals surface area contributed by atoms with E-state index in [1.165, 1.54) is 12.3 Å². The molecule has 33 heavy (non-hydrogen) atoms. The van der Waals surface area contributed by atoms with Crippen LogP contribution in [0.3, 0.4) is 0 Å². The molecule has 0 aliphatic carbocycles. The minimum absolute atomic E-state index is 0.0376. The van der Waals surface area contributed by atoms with Crippen molar-refractivity contribution < 1.29 is 45.8 Å². The molecule has 0 spiro atoms. The maximum atomic E-state index is 14.3. The van der Waals surface area contributed by atoms with E-state index in [0.717, 1.165) is 39.3 Å². The number of alkyl halides is 3. The van der Waals surface area contributed by atoms with E-state index in [9.17, 15) is 31.5 Å². The molecule has 1 aromatic carbocycles. The van der Waals surface area contributed by atoms with E-state index >= 15 is 0 Å². The first-order valence-electron chi connectivity index (χ1n) is 9.53. The number of carbonyl (C=O) groups is 2. The highest BCUT2D eigenvalue weighted by Crippen LogP contribution is 2.51. The van der Waals surface area contributed by atoms with Crippen LogP contribution in [-0.4, -0.2) is 49.0 Å². The predicted molar refractivity (Wildman–Crippen MR) is 104 cm³/mol. The van der Waals surface area contributed by atoms with E-state index in [2.05, 4.69) is 15.0 Å². The number of ether oxygens (including phenoxy) is 3. The van der Waals surface area contributed by atoms with Gasteiger partial charge in [-0.1, -0.05) is 6.07 Å². The van der Waals surface area contributed by atoms with Gasteiger partial charge < -0.3 is 19.5 Å². The Bertz CT molecular complexity index is 1080. The number of esters is 1. The third-order valence-corrected chi connectivity index (χ3v) is 5.33. The number of benzene rings is 1. The summed E-state index contributed by atoms with van der Waals surface area (Å²) in [5.74, 6) is -6.40. The number of halogens is 5. The zero-order chi connectivity index (χ0) is 24.6. The van der Waals surface area contributed by atoms with Crippen molar-refractivity contribution in [2.24, 2.45) is 0 Å². The number of methoxy groups -OCH3 is 2. The molecule has 2 aromatic rings. The van der Waals surface area contributed by atoms with E-state index in [1.54, 1.807) is 0 Å². The monoisotopic (exact) mass is 474 g/mol. The second kappa shape index (κ2) is 8.93. The number of carbonyl (C=O) groups excluding carboxylic acids is 2. The number of amides is 1. The topological polar surface area (TPSA) is 86.8 Å². The molecule has 1 amide bonds. The molecule has 1 aliphatic heterocycles. The summed E-state index contributed by atoms with van der Waals surface area (Å²) in [6.07, 6.45) is -6.17. The second-order valence-corrected chi connectivity index (χ2v) is 7.47. The van der Waals surface area contributed by atoms with Gasteiger partial charge in [0.1, 0.15) is 11.8 Å². The summed E-state index contributed by atoms with van der Waals surface area (Å²) in [4.78, 5) is 28.4. The smallest absolute Gasteiger partial charge is 0.417 e. The van der Waals surface area contributed by atoms with Crippen molar-refractivity contribution in [3.63, 3.8) is 0 Å². The summed E-state index contributed by atoms with van der Waals surface area (Å²) in [5.41, 5.74) is -3.02. The van der Waals surface area contributed by atoms with Gasteiger partial charge in [-0.15, -0.1) is 0 Å². The lowest BCUT2D eigenvalue weighted by Gasteiger charge is -2.27. The molecular weight excluding hydrogens is 455 g/mol. The molecule has 0 radical (unpaired) electrons. The molecule has 1 N–H and O–H groups in total. The number of nitrogens with zero attached hydrogens (tertiary/aromatic N) is 1. The molecule has 3 atom stereocenters. The van der Waals surface area contributed by atoms with Gasteiger partial charge in [0.2, 0.25) is 5.82 Å². The summed E-state index contributed by atoms with van der Waals surface area (Å²) in [6.45, 7) is 0.765. The molecule has 0 unspecified atom stereocenters. The zero-order valence-corrected chi connectivity index (χ0v) is 17.6. The van der Waals surface area contributed by atoms with Gasteiger partial charge in [-0.05, 0) is 31.5 Å². The molecule has 1 saturated heterocycles. The van der Waals surface area contributed by atoms with Crippen molar-refractivity contribution in [3.05, 3.63) is 53.4 Å². The van der Waals surface area contributed by atoms with Crippen molar-refractivity contribution in [3.8, 4) is 5.75 Å². The van der Waals surface area contributed by atoms with Crippen molar-refractivity contribution in [1.29, 1.82) is 0 Å². The molecular formula is C21H19F5N2O5. The predicted octanol–water partition coefficient (Wildman–Crippen LogP) is 3.99. The van der Waals surface area contributed by atoms with Crippen molar-refractivity contribution in [2.75, 3.05) is 19.5 Å². The molecule has 3 rings (SSSR count). The normalized spacial score (nSPS) is 22.7. The van der Waals surface area contributed by atoms with Crippen LogP contribution >= 0.6 is 0 Å². The Kier molecular flexibility index (Phi) is 6.59. The summed E-state index contributed by atoms with van der Waals surface area (Å²) in [5, 5.41) is 2.37. The zero-order valence-electron chi connectivity index (χ0n) is 17.6. The fourth-order valence-electron chi connectivity index (χ4n) is 3.61. The van der Waals surface area contributed by atoms with Crippen LogP contribution in [0, 0.1) is 11.6 Å². The van der Waals surface area contributed by atoms with Crippen LogP contribution in [0.2, 0.25) is 0 Å². The number of anilines is 1. The molecule has 0 bridgehead atoms. The maximum Gasteiger partial charge on any atom is 0.417 e.